The van der Waals surface area contributed by atoms with Gasteiger partial charge in [0, 0.05) is 29.7 Å². The van der Waals surface area contributed by atoms with Gasteiger partial charge in [0.05, 0.1) is 11.0 Å². The lowest BCUT2D eigenvalue weighted by atomic mass is 10.2. The third-order valence-corrected chi connectivity index (χ3v) is 5.06. The lowest BCUT2D eigenvalue weighted by Crippen LogP contribution is -2.33. The molecule has 0 aliphatic heterocycles. The molecule has 1 atom stereocenters. The Hall–Kier alpha value is -1.50. The van der Waals surface area contributed by atoms with E-state index in [1.165, 1.54) is 0 Å². The van der Waals surface area contributed by atoms with Crippen LogP contribution in [-0.4, -0.2) is 31.2 Å². The Morgan fingerprint density at radius 1 is 1.35 bits per heavy atom. The van der Waals surface area contributed by atoms with Gasteiger partial charge in [-0.05, 0) is 30.9 Å². The third kappa shape index (κ3) is 2.67. The summed E-state index contributed by atoms with van der Waals surface area (Å²) in [5.41, 5.74) is 0. The molecule has 3 rings (SSSR count). The van der Waals surface area contributed by atoms with Crippen LogP contribution in [-0.2, 0) is 10.0 Å². The third-order valence-electron chi connectivity index (χ3n) is 3.58. The maximum absolute atomic E-state index is 12.4. The smallest absolute Gasteiger partial charge is 0.241 e. The zero-order valence-corrected chi connectivity index (χ0v) is 11.7. The first-order valence-corrected chi connectivity index (χ1v) is 8.07. The first kappa shape index (κ1) is 13.5. The number of rotatable bonds is 5. The Balaban J connectivity index is 1.88. The summed E-state index contributed by atoms with van der Waals surface area (Å²) < 4.78 is 27.2. The number of fused-ring (bicyclic) bond motifs is 1. The van der Waals surface area contributed by atoms with Crippen LogP contribution in [0.1, 0.15) is 12.8 Å². The number of benzene rings is 1. The van der Waals surface area contributed by atoms with Crippen molar-refractivity contribution in [2.45, 2.75) is 23.8 Å². The molecule has 6 heteroatoms. The number of aliphatic hydroxyl groups is 1. The largest absolute Gasteiger partial charge is 0.391 e. The normalized spacial score (nSPS) is 17.2. The fraction of sp³-hybridized carbons (Fsp3) is 0.357. The second-order valence-electron chi connectivity index (χ2n) is 5.11. The molecule has 0 radical (unpaired) electrons. The number of aliphatic hydroxyl groups excluding tert-OH is 1. The van der Waals surface area contributed by atoms with E-state index in [2.05, 4.69) is 9.71 Å². The maximum Gasteiger partial charge on any atom is 0.241 e. The molecule has 0 amide bonds. The van der Waals surface area contributed by atoms with Crippen molar-refractivity contribution in [2.24, 2.45) is 5.92 Å². The van der Waals surface area contributed by atoms with E-state index in [4.69, 9.17) is 0 Å². The minimum atomic E-state index is -3.63. The number of sulfonamides is 1. The van der Waals surface area contributed by atoms with Crippen LogP contribution in [0.15, 0.2) is 41.6 Å². The molecule has 2 aromatic rings. The van der Waals surface area contributed by atoms with E-state index < -0.39 is 16.1 Å². The second kappa shape index (κ2) is 5.12. The van der Waals surface area contributed by atoms with Crippen molar-refractivity contribution < 1.29 is 13.5 Å². The number of aromatic nitrogens is 1. The second-order valence-corrected chi connectivity index (χ2v) is 6.85. The van der Waals surface area contributed by atoms with E-state index in [0.29, 0.717) is 5.39 Å². The van der Waals surface area contributed by atoms with Crippen LogP contribution in [0, 0.1) is 5.92 Å². The molecule has 1 aromatic carbocycles. The van der Waals surface area contributed by atoms with Crippen molar-refractivity contribution in [2.75, 3.05) is 6.54 Å². The lowest BCUT2D eigenvalue weighted by molar-refractivity contribution is 0.155. The Kier molecular flexibility index (Phi) is 3.45. The first-order chi connectivity index (χ1) is 9.58. The predicted octanol–water partition coefficient (Wildman–Crippen LogP) is 1.28. The summed E-state index contributed by atoms with van der Waals surface area (Å²) in [6.07, 6.45) is 4.56. The number of hydrogen-bond acceptors (Lipinski definition) is 4. The van der Waals surface area contributed by atoms with Crippen LogP contribution in [0.5, 0.6) is 0 Å². The van der Waals surface area contributed by atoms with E-state index in [0.717, 1.165) is 18.2 Å². The fourth-order valence-corrected chi connectivity index (χ4v) is 3.53. The Morgan fingerprint density at radius 2 is 2.15 bits per heavy atom. The fourth-order valence-electron chi connectivity index (χ4n) is 2.25. The zero-order valence-electron chi connectivity index (χ0n) is 10.9. The van der Waals surface area contributed by atoms with E-state index in [9.17, 15) is 13.5 Å². The number of hydrogen-bond donors (Lipinski definition) is 2. The van der Waals surface area contributed by atoms with E-state index in [1.807, 2.05) is 6.07 Å². The van der Waals surface area contributed by atoms with E-state index >= 15 is 0 Å². The van der Waals surface area contributed by atoms with Gasteiger partial charge in [0.25, 0.3) is 0 Å². The number of nitrogens with zero attached hydrogens (tertiary/aromatic N) is 1. The highest BCUT2D eigenvalue weighted by molar-refractivity contribution is 7.89. The van der Waals surface area contributed by atoms with Crippen molar-refractivity contribution in [1.29, 1.82) is 0 Å². The van der Waals surface area contributed by atoms with Crippen molar-refractivity contribution in [3.63, 3.8) is 0 Å². The van der Waals surface area contributed by atoms with Crippen LogP contribution in [0.4, 0.5) is 0 Å². The molecule has 1 saturated carbocycles. The van der Waals surface area contributed by atoms with Crippen LogP contribution in [0.25, 0.3) is 10.8 Å². The zero-order chi connectivity index (χ0) is 14.2. The molecule has 0 spiro atoms. The first-order valence-electron chi connectivity index (χ1n) is 6.58. The molecule has 0 saturated heterocycles. The molecule has 20 heavy (non-hydrogen) atoms. The van der Waals surface area contributed by atoms with Gasteiger partial charge in [0.1, 0.15) is 0 Å². The molecular weight excluding hydrogens is 276 g/mol. The van der Waals surface area contributed by atoms with Crippen LogP contribution in [0.2, 0.25) is 0 Å². The highest BCUT2D eigenvalue weighted by atomic mass is 32.2. The van der Waals surface area contributed by atoms with Crippen molar-refractivity contribution in [3.8, 4) is 0 Å². The standard InChI is InChI=1S/C14H16N2O3S/c17-13(10-4-5-10)9-16-20(18,19)14-3-1-2-11-8-15-7-6-12(11)14/h1-3,6-8,10,13,16-17H,4-5,9H2. The molecular formula is C14H16N2O3S. The molecule has 1 fully saturated rings. The van der Waals surface area contributed by atoms with Gasteiger partial charge in [0.15, 0.2) is 0 Å². The van der Waals surface area contributed by atoms with Crippen LogP contribution >= 0.6 is 0 Å². The van der Waals surface area contributed by atoms with Crippen LogP contribution < -0.4 is 4.72 Å². The van der Waals surface area contributed by atoms with E-state index in [-0.39, 0.29) is 17.4 Å². The SMILES string of the molecule is O=S(=O)(NCC(O)C1CC1)c1cccc2cnccc12. The molecule has 1 aliphatic rings. The minimum Gasteiger partial charge on any atom is -0.391 e. The summed E-state index contributed by atoms with van der Waals surface area (Å²) in [7, 11) is -3.63. The molecule has 1 aliphatic carbocycles. The van der Waals surface area contributed by atoms with Gasteiger partial charge in [-0.15, -0.1) is 0 Å². The van der Waals surface area contributed by atoms with Gasteiger partial charge in [-0.25, -0.2) is 13.1 Å². The maximum atomic E-state index is 12.4. The van der Waals surface area contributed by atoms with Gasteiger partial charge in [-0.2, -0.15) is 0 Å². The van der Waals surface area contributed by atoms with Crippen LogP contribution in [0.3, 0.4) is 0 Å². The topological polar surface area (TPSA) is 79.3 Å². The average Bonchev–Trinajstić information content (AvgIpc) is 3.29. The van der Waals surface area contributed by atoms with Gasteiger partial charge in [-0.1, -0.05) is 12.1 Å². The summed E-state index contributed by atoms with van der Waals surface area (Å²) in [5, 5.41) is 11.2. The summed E-state index contributed by atoms with van der Waals surface area (Å²) in [6.45, 7) is 0.0640. The Bertz CT molecular complexity index is 721. The summed E-state index contributed by atoms with van der Waals surface area (Å²) in [6, 6.07) is 6.76. The molecule has 5 nitrogen and oxygen atoms in total. The van der Waals surface area contributed by atoms with E-state index in [1.54, 1.807) is 30.6 Å². The Morgan fingerprint density at radius 3 is 2.90 bits per heavy atom. The van der Waals surface area contributed by atoms with Gasteiger partial charge < -0.3 is 5.11 Å². The van der Waals surface area contributed by atoms with Gasteiger partial charge in [-0.3, -0.25) is 4.98 Å². The molecule has 2 N–H and O–H groups in total. The molecule has 1 unspecified atom stereocenters. The highest BCUT2D eigenvalue weighted by Crippen LogP contribution is 2.32. The quantitative estimate of drug-likeness (QED) is 0.870. The number of nitrogens with one attached hydrogen (secondary N) is 1. The van der Waals surface area contributed by atoms with Gasteiger partial charge in [0.2, 0.25) is 10.0 Å². The minimum absolute atomic E-state index is 0.0640. The molecule has 1 heterocycles. The monoisotopic (exact) mass is 292 g/mol. The predicted molar refractivity (Wildman–Crippen MR) is 75.7 cm³/mol. The molecule has 1 aromatic heterocycles. The summed E-state index contributed by atoms with van der Waals surface area (Å²) in [5.74, 6) is 0.245. The highest BCUT2D eigenvalue weighted by Gasteiger charge is 2.30. The van der Waals surface area contributed by atoms with Crippen molar-refractivity contribution in [3.05, 3.63) is 36.7 Å². The lowest BCUT2D eigenvalue weighted by Gasteiger charge is -2.12. The average molecular weight is 292 g/mol. The number of pyridine rings is 1. The van der Waals surface area contributed by atoms with Gasteiger partial charge >= 0.3 is 0 Å². The van der Waals surface area contributed by atoms with Crippen molar-refractivity contribution in [1.82, 2.24) is 9.71 Å². The summed E-state index contributed by atoms with van der Waals surface area (Å²) >= 11 is 0. The summed E-state index contributed by atoms with van der Waals surface area (Å²) in [4.78, 5) is 4.21. The molecule has 106 valence electrons. The molecule has 0 bridgehead atoms. The Labute approximate surface area is 117 Å². The van der Waals surface area contributed by atoms with Crippen molar-refractivity contribution >= 4 is 20.8 Å².